The maximum absolute atomic E-state index is 4.71. The van der Waals surface area contributed by atoms with E-state index >= 15 is 0 Å². The molecule has 0 saturated carbocycles. The number of aromatic nitrogens is 1. The van der Waals surface area contributed by atoms with Crippen LogP contribution in [0.25, 0.3) is 49.0 Å². The summed E-state index contributed by atoms with van der Waals surface area (Å²) in [6.45, 7) is 6.91. The highest BCUT2D eigenvalue weighted by Crippen LogP contribution is 2.45. The van der Waals surface area contributed by atoms with Gasteiger partial charge in [0.1, 0.15) is 0 Å². The van der Waals surface area contributed by atoms with Crippen LogP contribution in [0.3, 0.4) is 0 Å². The van der Waals surface area contributed by atoms with Crippen molar-refractivity contribution in [3.8, 4) is 11.1 Å². The predicted octanol–water partition coefficient (Wildman–Crippen LogP) is 11.1. The van der Waals surface area contributed by atoms with Crippen molar-refractivity contribution in [1.82, 2.24) is 4.98 Å². The first-order chi connectivity index (χ1) is 21.4. The number of benzene rings is 5. The lowest BCUT2D eigenvalue weighted by Gasteiger charge is -2.25. The van der Waals surface area contributed by atoms with Crippen molar-refractivity contribution in [2.45, 2.75) is 51.0 Å². The SMILES string of the molecule is CC(C)(C)c1cc2ccc3c(-c4ccc(C5CC=CC=N5)cc4)cc(C4C=CC(c5ccccn5)=CC4)c4ccc(c1)c2c34. The second-order valence-electron chi connectivity index (χ2n) is 13.3. The molecule has 2 unspecified atom stereocenters. The van der Waals surface area contributed by atoms with Gasteiger partial charge in [0.05, 0.1) is 11.7 Å². The molecule has 1 aliphatic carbocycles. The summed E-state index contributed by atoms with van der Waals surface area (Å²) in [7, 11) is 0. The fourth-order valence-corrected chi connectivity index (χ4v) is 7.09. The lowest BCUT2D eigenvalue weighted by Crippen LogP contribution is -2.11. The molecule has 44 heavy (non-hydrogen) atoms. The highest BCUT2D eigenvalue weighted by atomic mass is 14.8. The highest BCUT2D eigenvalue weighted by molar-refractivity contribution is 6.26. The molecule has 0 saturated heterocycles. The molecule has 0 radical (unpaired) electrons. The molecule has 5 aromatic carbocycles. The van der Waals surface area contributed by atoms with Crippen molar-refractivity contribution in [1.29, 1.82) is 0 Å². The molecule has 0 fully saturated rings. The summed E-state index contributed by atoms with van der Waals surface area (Å²) < 4.78 is 0. The van der Waals surface area contributed by atoms with Gasteiger partial charge in [-0.15, -0.1) is 0 Å². The van der Waals surface area contributed by atoms with E-state index in [1.807, 2.05) is 24.6 Å². The van der Waals surface area contributed by atoms with Gasteiger partial charge in [-0.3, -0.25) is 9.98 Å². The van der Waals surface area contributed by atoms with E-state index in [4.69, 9.17) is 4.99 Å². The van der Waals surface area contributed by atoms with Gasteiger partial charge >= 0.3 is 0 Å². The molecule has 2 atom stereocenters. The largest absolute Gasteiger partial charge is 0.285 e. The minimum Gasteiger partial charge on any atom is -0.285 e. The number of hydrogen-bond donors (Lipinski definition) is 0. The Hall–Kier alpha value is -4.82. The molecule has 0 N–H and O–H groups in total. The molecule has 2 heterocycles. The maximum atomic E-state index is 4.71. The van der Waals surface area contributed by atoms with Gasteiger partial charge in [0, 0.05) is 18.3 Å². The molecule has 2 heteroatoms. The van der Waals surface area contributed by atoms with E-state index in [2.05, 4.69) is 129 Å². The van der Waals surface area contributed by atoms with Crippen molar-refractivity contribution < 1.29 is 0 Å². The maximum Gasteiger partial charge on any atom is 0.0783 e. The molecular formula is C42H36N2. The van der Waals surface area contributed by atoms with Gasteiger partial charge in [0.2, 0.25) is 0 Å². The normalized spacial score (nSPS) is 18.5. The number of aliphatic imine (C=N–C) groups is 1. The number of rotatable bonds is 4. The zero-order chi connectivity index (χ0) is 29.8. The van der Waals surface area contributed by atoms with E-state index in [-0.39, 0.29) is 11.5 Å². The Morgan fingerprint density at radius 3 is 2.23 bits per heavy atom. The van der Waals surface area contributed by atoms with Gasteiger partial charge in [-0.05, 0) is 108 Å². The van der Waals surface area contributed by atoms with Gasteiger partial charge in [0.25, 0.3) is 0 Å². The Labute approximate surface area is 259 Å². The van der Waals surface area contributed by atoms with E-state index in [1.165, 1.54) is 65.7 Å². The van der Waals surface area contributed by atoms with E-state index in [1.54, 1.807) is 0 Å². The van der Waals surface area contributed by atoms with Crippen molar-refractivity contribution in [2.24, 2.45) is 4.99 Å². The lowest BCUT2D eigenvalue weighted by molar-refractivity contribution is 0.591. The smallest absolute Gasteiger partial charge is 0.0783 e. The van der Waals surface area contributed by atoms with Crippen LogP contribution in [0.4, 0.5) is 0 Å². The van der Waals surface area contributed by atoms with Gasteiger partial charge in [0.15, 0.2) is 0 Å². The van der Waals surface area contributed by atoms with Gasteiger partial charge < -0.3 is 0 Å². The monoisotopic (exact) mass is 568 g/mol. The Morgan fingerprint density at radius 2 is 1.57 bits per heavy atom. The van der Waals surface area contributed by atoms with Crippen LogP contribution in [0, 0.1) is 0 Å². The summed E-state index contributed by atoms with van der Waals surface area (Å²) in [6, 6.07) is 32.2. The molecule has 1 aliphatic heterocycles. The summed E-state index contributed by atoms with van der Waals surface area (Å²) in [5.74, 6) is 0.290. The van der Waals surface area contributed by atoms with E-state index in [0.29, 0.717) is 5.92 Å². The van der Waals surface area contributed by atoms with Crippen molar-refractivity contribution >= 4 is 44.1 Å². The second kappa shape index (κ2) is 10.4. The average molecular weight is 569 g/mol. The fraction of sp³-hybridized carbons (Fsp3) is 0.190. The highest BCUT2D eigenvalue weighted by Gasteiger charge is 2.23. The first-order valence-electron chi connectivity index (χ1n) is 15.8. The number of allylic oxidation sites excluding steroid dienone is 5. The third-order valence-corrected chi connectivity index (χ3v) is 9.53. The predicted molar refractivity (Wildman–Crippen MR) is 188 cm³/mol. The number of hydrogen-bond acceptors (Lipinski definition) is 2. The Balaban J connectivity index is 1.31. The first kappa shape index (κ1) is 26.8. The van der Waals surface area contributed by atoms with Crippen molar-refractivity contribution in [2.75, 3.05) is 0 Å². The Bertz CT molecular complexity index is 2120. The molecule has 6 aromatic rings. The summed E-state index contributed by atoms with van der Waals surface area (Å²) >= 11 is 0. The van der Waals surface area contributed by atoms with Crippen LogP contribution in [0.1, 0.15) is 68.0 Å². The summed E-state index contributed by atoms with van der Waals surface area (Å²) in [4.78, 5) is 9.30. The molecule has 214 valence electrons. The summed E-state index contributed by atoms with van der Waals surface area (Å²) in [5, 5.41) is 8.08. The molecule has 1 aromatic heterocycles. The standard InChI is InChI=1S/C42H36N2/c1-42(2,3)33-24-31-18-20-34-36(27-10-14-29(15-11-27)38-8-4-6-22-43-38)26-37(35-21-19-32(25-33)40(31)41(34)35)28-12-16-30(17-13-28)39-9-5-7-23-44-39/h4-8,10,12-27,39H,9,11H2,1-3H3. The van der Waals surface area contributed by atoms with E-state index in [9.17, 15) is 0 Å². The van der Waals surface area contributed by atoms with Crippen LogP contribution >= 0.6 is 0 Å². The average Bonchev–Trinajstić information content (AvgIpc) is 3.07. The zero-order valence-electron chi connectivity index (χ0n) is 25.6. The van der Waals surface area contributed by atoms with Crippen LogP contribution in [0.2, 0.25) is 0 Å². The van der Waals surface area contributed by atoms with Crippen LogP contribution < -0.4 is 0 Å². The van der Waals surface area contributed by atoms with Crippen molar-refractivity contribution in [3.63, 3.8) is 0 Å². The van der Waals surface area contributed by atoms with Crippen LogP contribution in [-0.2, 0) is 5.41 Å². The molecule has 0 amide bonds. The third kappa shape index (κ3) is 4.57. The second-order valence-corrected chi connectivity index (χ2v) is 13.3. The van der Waals surface area contributed by atoms with Gasteiger partial charge in [-0.1, -0.05) is 112 Å². The molecule has 0 spiro atoms. The minimum atomic E-state index is 0.0885. The summed E-state index contributed by atoms with van der Waals surface area (Å²) in [6.07, 6.45) is 16.9. The van der Waals surface area contributed by atoms with Crippen LogP contribution in [-0.4, -0.2) is 11.2 Å². The van der Waals surface area contributed by atoms with Crippen molar-refractivity contribution in [3.05, 3.63) is 144 Å². The van der Waals surface area contributed by atoms with Gasteiger partial charge in [-0.2, -0.15) is 0 Å². The third-order valence-electron chi connectivity index (χ3n) is 9.53. The molecule has 2 nitrogen and oxygen atoms in total. The molecule has 8 rings (SSSR count). The van der Waals surface area contributed by atoms with Crippen LogP contribution in [0.15, 0.2) is 126 Å². The topological polar surface area (TPSA) is 25.2 Å². The molecular weight excluding hydrogens is 532 g/mol. The quantitative estimate of drug-likeness (QED) is 0.194. The number of nitrogens with zero attached hydrogens (tertiary/aromatic N) is 2. The van der Waals surface area contributed by atoms with E-state index in [0.717, 1.165) is 18.5 Å². The number of dihydropyridines is 1. The molecule has 0 bridgehead atoms. The fourth-order valence-electron chi connectivity index (χ4n) is 7.09. The minimum absolute atomic E-state index is 0.0885. The Kier molecular flexibility index (Phi) is 6.34. The zero-order valence-corrected chi connectivity index (χ0v) is 25.6. The number of pyridine rings is 1. The first-order valence-corrected chi connectivity index (χ1v) is 15.8. The van der Waals surface area contributed by atoms with E-state index < -0.39 is 0 Å². The summed E-state index contributed by atoms with van der Waals surface area (Å²) in [5.41, 5.74) is 8.91. The molecule has 2 aliphatic rings. The Morgan fingerprint density at radius 1 is 0.773 bits per heavy atom. The lowest BCUT2D eigenvalue weighted by atomic mass is 9.79. The van der Waals surface area contributed by atoms with Gasteiger partial charge in [-0.25, -0.2) is 0 Å². The van der Waals surface area contributed by atoms with Crippen LogP contribution in [0.5, 0.6) is 0 Å².